The number of guanidine groups is 1. The Hall–Kier alpha value is -1.07. The summed E-state index contributed by atoms with van der Waals surface area (Å²) >= 11 is 1.74. The third-order valence-electron chi connectivity index (χ3n) is 4.91. The van der Waals surface area contributed by atoms with E-state index in [2.05, 4.69) is 48.2 Å². The SMILES string of the molecule is CCNC(=NCC1(C)CCCCC1O)NCC(C)c1ccsc1. The number of hydrogen-bond donors (Lipinski definition) is 3. The van der Waals surface area contributed by atoms with E-state index in [0.29, 0.717) is 12.5 Å². The third-order valence-corrected chi connectivity index (χ3v) is 5.61. The van der Waals surface area contributed by atoms with Gasteiger partial charge in [0, 0.05) is 18.5 Å². The Morgan fingerprint density at radius 1 is 1.48 bits per heavy atom. The van der Waals surface area contributed by atoms with Gasteiger partial charge >= 0.3 is 0 Å². The molecule has 1 aliphatic rings. The fourth-order valence-corrected chi connectivity index (χ4v) is 3.87. The summed E-state index contributed by atoms with van der Waals surface area (Å²) in [5, 5.41) is 21.4. The van der Waals surface area contributed by atoms with Crippen LogP contribution in [0.1, 0.15) is 57.9 Å². The minimum Gasteiger partial charge on any atom is -0.392 e. The van der Waals surface area contributed by atoms with E-state index in [-0.39, 0.29) is 11.5 Å². The highest BCUT2D eigenvalue weighted by atomic mass is 32.1. The molecule has 1 fully saturated rings. The van der Waals surface area contributed by atoms with Crippen LogP contribution in [0.5, 0.6) is 0 Å². The molecule has 0 aliphatic heterocycles. The summed E-state index contributed by atoms with van der Waals surface area (Å²) in [6.45, 7) is 8.86. The molecule has 23 heavy (non-hydrogen) atoms. The third kappa shape index (κ3) is 5.21. The normalized spacial score (nSPS) is 26.8. The number of aliphatic hydroxyl groups is 1. The fraction of sp³-hybridized carbons (Fsp3) is 0.722. The maximum atomic E-state index is 10.3. The van der Waals surface area contributed by atoms with Crippen molar-refractivity contribution in [3.63, 3.8) is 0 Å². The molecule has 4 nitrogen and oxygen atoms in total. The Morgan fingerprint density at radius 3 is 2.96 bits per heavy atom. The van der Waals surface area contributed by atoms with Gasteiger partial charge in [0.15, 0.2) is 5.96 Å². The lowest BCUT2D eigenvalue weighted by Gasteiger charge is -2.37. The standard InChI is InChI=1S/C18H31N3OS/c1-4-19-17(20-11-14(2)15-8-10-23-12-15)21-13-18(3)9-6-5-7-16(18)22/h8,10,12,14,16,22H,4-7,9,11,13H2,1-3H3,(H2,19,20,21). The molecule has 0 amide bonds. The largest absolute Gasteiger partial charge is 0.392 e. The van der Waals surface area contributed by atoms with Gasteiger partial charge in [0.1, 0.15) is 0 Å². The summed E-state index contributed by atoms with van der Waals surface area (Å²) in [7, 11) is 0. The van der Waals surface area contributed by atoms with Gasteiger partial charge in [-0.2, -0.15) is 11.3 Å². The highest BCUT2D eigenvalue weighted by Gasteiger charge is 2.35. The number of aliphatic imine (C=N–C) groups is 1. The van der Waals surface area contributed by atoms with Crippen LogP contribution >= 0.6 is 11.3 Å². The molecule has 0 spiro atoms. The van der Waals surface area contributed by atoms with E-state index in [9.17, 15) is 5.11 Å². The quantitative estimate of drug-likeness (QED) is 0.551. The average molecular weight is 338 g/mol. The molecule has 1 saturated carbocycles. The van der Waals surface area contributed by atoms with Gasteiger partial charge in [-0.15, -0.1) is 0 Å². The lowest BCUT2D eigenvalue weighted by atomic mass is 9.73. The van der Waals surface area contributed by atoms with E-state index in [0.717, 1.165) is 38.3 Å². The summed E-state index contributed by atoms with van der Waals surface area (Å²) in [4.78, 5) is 4.75. The molecule has 2 rings (SSSR count). The van der Waals surface area contributed by atoms with Gasteiger partial charge in [-0.25, -0.2) is 0 Å². The zero-order valence-corrected chi connectivity index (χ0v) is 15.5. The van der Waals surface area contributed by atoms with Crippen LogP contribution in [0.3, 0.4) is 0 Å². The van der Waals surface area contributed by atoms with E-state index in [1.807, 2.05) is 0 Å². The first-order valence-corrected chi connectivity index (χ1v) is 9.72. The first-order valence-electron chi connectivity index (χ1n) is 8.77. The molecule has 0 radical (unpaired) electrons. The number of rotatable bonds is 6. The monoisotopic (exact) mass is 337 g/mol. The Labute approximate surface area is 144 Å². The second-order valence-electron chi connectivity index (χ2n) is 6.95. The van der Waals surface area contributed by atoms with Crippen molar-refractivity contribution >= 4 is 17.3 Å². The van der Waals surface area contributed by atoms with Crippen LogP contribution in [0.4, 0.5) is 0 Å². The van der Waals surface area contributed by atoms with Crippen molar-refractivity contribution < 1.29 is 5.11 Å². The number of nitrogens with zero attached hydrogens (tertiary/aromatic N) is 1. The number of hydrogen-bond acceptors (Lipinski definition) is 3. The zero-order chi connectivity index (χ0) is 16.7. The fourth-order valence-electron chi connectivity index (χ4n) is 3.09. The molecule has 5 heteroatoms. The molecule has 3 N–H and O–H groups in total. The first kappa shape index (κ1) is 18.3. The number of aliphatic hydroxyl groups excluding tert-OH is 1. The average Bonchev–Trinajstić information content (AvgIpc) is 3.07. The van der Waals surface area contributed by atoms with E-state index >= 15 is 0 Å². The molecule has 3 atom stereocenters. The van der Waals surface area contributed by atoms with Gasteiger partial charge in [-0.05, 0) is 48.1 Å². The van der Waals surface area contributed by atoms with Crippen LogP contribution in [0.2, 0.25) is 0 Å². The van der Waals surface area contributed by atoms with Crippen LogP contribution in [0, 0.1) is 5.41 Å². The van der Waals surface area contributed by atoms with Gasteiger partial charge < -0.3 is 15.7 Å². The molecular formula is C18H31N3OS. The van der Waals surface area contributed by atoms with Crippen molar-refractivity contribution in [2.75, 3.05) is 19.6 Å². The van der Waals surface area contributed by atoms with Crippen LogP contribution in [0.25, 0.3) is 0 Å². The smallest absolute Gasteiger partial charge is 0.191 e. The maximum absolute atomic E-state index is 10.3. The van der Waals surface area contributed by atoms with Crippen molar-refractivity contribution in [3.05, 3.63) is 22.4 Å². The van der Waals surface area contributed by atoms with Gasteiger partial charge in [-0.3, -0.25) is 4.99 Å². The predicted molar refractivity (Wildman–Crippen MR) is 99.3 cm³/mol. The van der Waals surface area contributed by atoms with E-state index in [1.54, 1.807) is 11.3 Å². The number of nitrogens with one attached hydrogen (secondary N) is 2. The van der Waals surface area contributed by atoms with Gasteiger partial charge in [0.2, 0.25) is 0 Å². The van der Waals surface area contributed by atoms with Crippen LogP contribution in [0.15, 0.2) is 21.8 Å². The topological polar surface area (TPSA) is 56.7 Å². The summed E-state index contributed by atoms with van der Waals surface area (Å²) in [5.74, 6) is 1.31. The zero-order valence-electron chi connectivity index (χ0n) is 14.6. The van der Waals surface area contributed by atoms with Gasteiger partial charge in [0.05, 0.1) is 12.6 Å². The second-order valence-corrected chi connectivity index (χ2v) is 7.73. The summed E-state index contributed by atoms with van der Waals surface area (Å²) in [6, 6.07) is 2.18. The molecule has 1 aromatic rings. The molecular weight excluding hydrogens is 306 g/mol. The molecule has 0 bridgehead atoms. The van der Waals surface area contributed by atoms with Crippen molar-refractivity contribution in [2.24, 2.45) is 10.4 Å². The minimum absolute atomic E-state index is 0.0838. The molecule has 3 unspecified atom stereocenters. The van der Waals surface area contributed by atoms with Gasteiger partial charge in [-0.1, -0.05) is 26.7 Å². The lowest BCUT2D eigenvalue weighted by Crippen LogP contribution is -2.42. The van der Waals surface area contributed by atoms with Crippen molar-refractivity contribution in [1.82, 2.24) is 10.6 Å². The Bertz CT molecular complexity index is 488. The van der Waals surface area contributed by atoms with Crippen molar-refractivity contribution in [1.29, 1.82) is 0 Å². The molecule has 0 saturated heterocycles. The van der Waals surface area contributed by atoms with E-state index < -0.39 is 0 Å². The maximum Gasteiger partial charge on any atom is 0.191 e. The Kier molecular flexibility index (Phi) is 6.90. The highest BCUT2D eigenvalue weighted by Crippen LogP contribution is 2.36. The van der Waals surface area contributed by atoms with Crippen molar-refractivity contribution in [2.45, 2.75) is 58.5 Å². The molecule has 1 heterocycles. The van der Waals surface area contributed by atoms with Gasteiger partial charge in [0.25, 0.3) is 0 Å². The van der Waals surface area contributed by atoms with Crippen LogP contribution in [-0.4, -0.2) is 36.8 Å². The Balaban J connectivity index is 1.91. The second kappa shape index (κ2) is 8.69. The van der Waals surface area contributed by atoms with E-state index in [1.165, 1.54) is 12.0 Å². The lowest BCUT2D eigenvalue weighted by molar-refractivity contribution is 0.00716. The first-order chi connectivity index (χ1) is 11.0. The van der Waals surface area contributed by atoms with Crippen LogP contribution in [-0.2, 0) is 0 Å². The Morgan fingerprint density at radius 2 is 2.30 bits per heavy atom. The molecule has 1 aromatic heterocycles. The van der Waals surface area contributed by atoms with Crippen molar-refractivity contribution in [3.8, 4) is 0 Å². The number of thiophene rings is 1. The van der Waals surface area contributed by atoms with E-state index in [4.69, 9.17) is 4.99 Å². The molecule has 1 aliphatic carbocycles. The summed E-state index contributed by atoms with van der Waals surface area (Å²) in [6.07, 6.45) is 4.07. The predicted octanol–water partition coefficient (Wildman–Crippen LogP) is 3.35. The molecule has 130 valence electrons. The summed E-state index contributed by atoms with van der Waals surface area (Å²) in [5.41, 5.74) is 1.28. The summed E-state index contributed by atoms with van der Waals surface area (Å²) < 4.78 is 0. The highest BCUT2D eigenvalue weighted by molar-refractivity contribution is 7.07. The van der Waals surface area contributed by atoms with Crippen LogP contribution < -0.4 is 10.6 Å². The minimum atomic E-state index is -0.229. The molecule has 0 aromatic carbocycles.